The van der Waals surface area contributed by atoms with Crippen LogP contribution in [0.1, 0.15) is 5.82 Å². The van der Waals surface area contributed by atoms with Gasteiger partial charge in [0.15, 0.2) is 11.6 Å². The second-order valence-electron chi connectivity index (χ2n) is 5.77. The summed E-state index contributed by atoms with van der Waals surface area (Å²) in [5, 5.41) is 19.7. The van der Waals surface area contributed by atoms with Crippen LogP contribution in [-0.2, 0) is 13.1 Å². The highest BCUT2D eigenvalue weighted by atomic mass is 19.1. The monoisotopic (exact) mass is 339 g/mol. The van der Waals surface area contributed by atoms with E-state index in [2.05, 4.69) is 10.2 Å². The lowest BCUT2D eigenvalue weighted by Crippen LogP contribution is -2.34. The van der Waals surface area contributed by atoms with Gasteiger partial charge in [0, 0.05) is 18.7 Å². The fraction of sp³-hybridized carbons (Fsp3) is 0.176. The zero-order valence-electron chi connectivity index (χ0n) is 13.2. The van der Waals surface area contributed by atoms with Crippen LogP contribution in [0.25, 0.3) is 11.4 Å². The SMILES string of the molecule is O=[N+]([O-])c1cc(F)ccc1N1CCn2c(nnc2-c2ccccc2)C1. The minimum Gasteiger partial charge on any atom is -0.357 e. The Bertz CT molecular complexity index is 941. The van der Waals surface area contributed by atoms with Crippen LogP contribution in [0.5, 0.6) is 0 Å². The Balaban J connectivity index is 1.67. The summed E-state index contributed by atoms with van der Waals surface area (Å²) in [6.45, 7) is 1.53. The van der Waals surface area contributed by atoms with Crippen molar-refractivity contribution >= 4 is 11.4 Å². The molecule has 0 saturated carbocycles. The molecule has 0 unspecified atom stereocenters. The first-order chi connectivity index (χ1) is 12.1. The van der Waals surface area contributed by atoms with Gasteiger partial charge in [0.25, 0.3) is 5.69 Å². The number of benzene rings is 2. The molecule has 0 fully saturated rings. The molecule has 1 aliphatic rings. The molecule has 126 valence electrons. The minimum atomic E-state index is -0.623. The Kier molecular flexibility index (Phi) is 3.64. The molecule has 0 atom stereocenters. The molecule has 3 aromatic rings. The van der Waals surface area contributed by atoms with Crippen molar-refractivity contribution in [1.29, 1.82) is 0 Å². The minimum absolute atomic E-state index is 0.240. The molecule has 7 nitrogen and oxygen atoms in total. The van der Waals surface area contributed by atoms with Gasteiger partial charge in [0.2, 0.25) is 0 Å². The molecule has 1 aliphatic heterocycles. The summed E-state index contributed by atoms with van der Waals surface area (Å²) in [5.41, 5.74) is 1.13. The Morgan fingerprint density at radius 1 is 1.08 bits per heavy atom. The van der Waals surface area contributed by atoms with Gasteiger partial charge in [-0.2, -0.15) is 0 Å². The van der Waals surface area contributed by atoms with E-state index in [1.165, 1.54) is 12.1 Å². The van der Waals surface area contributed by atoms with Crippen LogP contribution in [0.15, 0.2) is 48.5 Å². The average Bonchev–Trinajstić information content (AvgIpc) is 3.05. The number of nitrogens with zero attached hydrogens (tertiary/aromatic N) is 5. The lowest BCUT2D eigenvalue weighted by molar-refractivity contribution is -0.384. The van der Waals surface area contributed by atoms with Crippen LogP contribution in [0.4, 0.5) is 15.8 Å². The molecule has 2 aromatic carbocycles. The molecule has 4 rings (SSSR count). The number of nitro benzene ring substituents is 1. The molecule has 0 aliphatic carbocycles. The average molecular weight is 339 g/mol. The molecule has 0 N–H and O–H groups in total. The largest absolute Gasteiger partial charge is 0.357 e. The van der Waals surface area contributed by atoms with Crippen molar-refractivity contribution in [2.45, 2.75) is 13.1 Å². The molecular weight excluding hydrogens is 325 g/mol. The van der Waals surface area contributed by atoms with Crippen molar-refractivity contribution in [2.75, 3.05) is 11.4 Å². The summed E-state index contributed by atoms with van der Waals surface area (Å²) < 4.78 is 15.4. The van der Waals surface area contributed by atoms with Gasteiger partial charge in [-0.05, 0) is 12.1 Å². The van der Waals surface area contributed by atoms with Gasteiger partial charge in [0.05, 0.1) is 17.5 Å². The van der Waals surface area contributed by atoms with Crippen molar-refractivity contribution in [3.8, 4) is 11.4 Å². The quantitative estimate of drug-likeness (QED) is 0.541. The van der Waals surface area contributed by atoms with E-state index in [1.54, 1.807) is 0 Å². The van der Waals surface area contributed by atoms with E-state index >= 15 is 0 Å². The molecule has 0 amide bonds. The first kappa shape index (κ1) is 15.3. The number of hydrogen-bond acceptors (Lipinski definition) is 5. The number of halogens is 1. The van der Waals surface area contributed by atoms with Crippen LogP contribution in [0.3, 0.4) is 0 Å². The molecule has 2 heterocycles. The summed E-state index contributed by atoms with van der Waals surface area (Å²) in [7, 11) is 0. The Hall–Kier alpha value is -3.29. The maximum Gasteiger partial charge on any atom is 0.295 e. The molecule has 8 heteroatoms. The van der Waals surface area contributed by atoms with E-state index in [0.29, 0.717) is 25.3 Å². The third-order valence-corrected chi connectivity index (χ3v) is 4.26. The number of hydrogen-bond donors (Lipinski definition) is 0. The Morgan fingerprint density at radius 2 is 1.88 bits per heavy atom. The first-order valence-corrected chi connectivity index (χ1v) is 7.80. The van der Waals surface area contributed by atoms with E-state index in [4.69, 9.17) is 0 Å². The lowest BCUT2D eigenvalue weighted by Gasteiger charge is -2.29. The van der Waals surface area contributed by atoms with Gasteiger partial charge in [0.1, 0.15) is 11.5 Å². The molecule has 0 radical (unpaired) electrons. The van der Waals surface area contributed by atoms with Gasteiger partial charge in [-0.15, -0.1) is 10.2 Å². The number of nitro groups is 1. The maximum absolute atomic E-state index is 13.4. The van der Waals surface area contributed by atoms with Crippen molar-refractivity contribution in [3.63, 3.8) is 0 Å². The maximum atomic E-state index is 13.4. The van der Waals surface area contributed by atoms with Gasteiger partial charge in [-0.3, -0.25) is 10.1 Å². The first-order valence-electron chi connectivity index (χ1n) is 7.80. The van der Waals surface area contributed by atoms with Crippen molar-refractivity contribution in [1.82, 2.24) is 14.8 Å². The zero-order valence-corrected chi connectivity index (χ0v) is 13.2. The second-order valence-corrected chi connectivity index (χ2v) is 5.77. The van der Waals surface area contributed by atoms with E-state index in [-0.39, 0.29) is 5.69 Å². The van der Waals surface area contributed by atoms with E-state index in [0.717, 1.165) is 23.3 Å². The predicted molar refractivity (Wildman–Crippen MR) is 89.6 cm³/mol. The standard InChI is InChI=1S/C17H14FN5O2/c18-13-6-7-14(15(10-13)23(24)25)21-8-9-22-16(11-21)19-20-17(22)12-4-2-1-3-5-12/h1-7,10H,8-9,11H2. The van der Waals surface area contributed by atoms with Gasteiger partial charge < -0.3 is 9.47 Å². The Labute approximate surface area is 142 Å². The summed E-state index contributed by atoms with van der Waals surface area (Å²) >= 11 is 0. The van der Waals surface area contributed by atoms with E-state index in [1.807, 2.05) is 39.8 Å². The molecule has 0 saturated heterocycles. The van der Waals surface area contributed by atoms with Crippen molar-refractivity contribution < 1.29 is 9.31 Å². The normalized spacial score (nSPS) is 13.6. The third kappa shape index (κ3) is 2.71. The fourth-order valence-electron chi connectivity index (χ4n) is 3.07. The molecular formula is C17H14FN5O2. The highest BCUT2D eigenvalue weighted by Gasteiger charge is 2.26. The van der Waals surface area contributed by atoms with Gasteiger partial charge >= 0.3 is 0 Å². The third-order valence-electron chi connectivity index (χ3n) is 4.26. The smallest absolute Gasteiger partial charge is 0.295 e. The van der Waals surface area contributed by atoms with Gasteiger partial charge in [-0.1, -0.05) is 30.3 Å². The van der Waals surface area contributed by atoms with Crippen LogP contribution >= 0.6 is 0 Å². The second kappa shape index (κ2) is 5.97. The molecule has 1 aromatic heterocycles. The van der Waals surface area contributed by atoms with E-state index < -0.39 is 10.7 Å². The van der Waals surface area contributed by atoms with Gasteiger partial charge in [-0.25, -0.2) is 4.39 Å². The van der Waals surface area contributed by atoms with Crippen LogP contribution in [-0.4, -0.2) is 26.2 Å². The Morgan fingerprint density at radius 3 is 2.64 bits per heavy atom. The number of rotatable bonds is 3. The molecule has 0 bridgehead atoms. The van der Waals surface area contributed by atoms with Crippen LogP contribution in [0, 0.1) is 15.9 Å². The molecule has 25 heavy (non-hydrogen) atoms. The summed E-state index contributed by atoms with van der Waals surface area (Å²) in [4.78, 5) is 12.5. The number of fused-ring (bicyclic) bond motifs is 1. The van der Waals surface area contributed by atoms with Crippen LogP contribution in [0.2, 0.25) is 0 Å². The summed E-state index contributed by atoms with van der Waals surface area (Å²) in [5.74, 6) is 0.884. The van der Waals surface area contributed by atoms with E-state index in [9.17, 15) is 14.5 Å². The highest BCUT2D eigenvalue weighted by molar-refractivity contribution is 5.64. The zero-order chi connectivity index (χ0) is 17.4. The topological polar surface area (TPSA) is 77.1 Å². The highest BCUT2D eigenvalue weighted by Crippen LogP contribution is 2.32. The van der Waals surface area contributed by atoms with Crippen molar-refractivity contribution in [3.05, 3.63) is 70.3 Å². The fourth-order valence-corrected chi connectivity index (χ4v) is 3.07. The molecule has 0 spiro atoms. The number of aromatic nitrogens is 3. The lowest BCUT2D eigenvalue weighted by atomic mass is 10.2. The van der Waals surface area contributed by atoms with Crippen LogP contribution < -0.4 is 4.90 Å². The number of anilines is 1. The van der Waals surface area contributed by atoms with Crippen molar-refractivity contribution in [2.24, 2.45) is 0 Å². The predicted octanol–water partition coefficient (Wildman–Crippen LogP) is 3.01. The summed E-state index contributed by atoms with van der Waals surface area (Å²) in [6, 6.07) is 13.4. The summed E-state index contributed by atoms with van der Waals surface area (Å²) in [6.07, 6.45) is 0.